The molecule has 3 rings (SSSR count). The lowest BCUT2D eigenvalue weighted by atomic mass is 9.70. The summed E-state index contributed by atoms with van der Waals surface area (Å²) in [5, 5.41) is 3.83. The molecule has 1 heteroatoms. The summed E-state index contributed by atoms with van der Waals surface area (Å²) in [5.41, 5.74) is 3.47. The number of rotatable bonds is 3. The van der Waals surface area contributed by atoms with E-state index in [0.717, 1.165) is 5.92 Å². The van der Waals surface area contributed by atoms with Crippen molar-refractivity contribution < 1.29 is 0 Å². The molecule has 1 nitrogen and oxygen atoms in total. The molecule has 1 saturated heterocycles. The number of nitrogens with one attached hydrogen (secondary N) is 1. The second-order valence-corrected chi connectivity index (χ2v) is 6.37. The van der Waals surface area contributed by atoms with Gasteiger partial charge in [-0.1, -0.05) is 44.5 Å². The molecule has 0 amide bonds. The molecule has 1 aromatic carbocycles. The minimum Gasteiger partial charge on any atom is -0.307 e. The molecular formula is C17H25N. The Morgan fingerprint density at radius 1 is 1.17 bits per heavy atom. The molecule has 1 atom stereocenters. The van der Waals surface area contributed by atoms with E-state index in [1.165, 1.54) is 38.6 Å². The molecule has 2 aliphatic rings. The van der Waals surface area contributed by atoms with Gasteiger partial charge in [0.05, 0.1) is 0 Å². The Hall–Kier alpha value is -0.820. The van der Waals surface area contributed by atoms with Gasteiger partial charge in [-0.2, -0.15) is 0 Å². The second kappa shape index (κ2) is 4.70. The van der Waals surface area contributed by atoms with Crippen LogP contribution in [0.2, 0.25) is 0 Å². The van der Waals surface area contributed by atoms with E-state index in [1.54, 1.807) is 11.1 Å². The third kappa shape index (κ3) is 1.80. The first-order valence-corrected chi connectivity index (χ1v) is 7.58. The highest BCUT2D eigenvalue weighted by molar-refractivity contribution is 5.38. The third-order valence-electron chi connectivity index (χ3n) is 5.16. The molecule has 1 N–H and O–H groups in total. The average molecular weight is 243 g/mol. The molecule has 1 heterocycles. The minimum absolute atomic E-state index is 0.242. The van der Waals surface area contributed by atoms with Crippen molar-refractivity contribution in [2.75, 3.05) is 6.54 Å². The first-order valence-electron chi connectivity index (χ1n) is 7.58. The topological polar surface area (TPSA) is 12.0 Å². The molecule has 2 fully saturated rings. The zero-order valence-electron chi connectivity index (χ0n) is 11.7. The molecule has 0 radical (unpaired) electrons. The average Bonchev–Trinajstić information content (AvgIpc) is 2.77. The van der Waals surface area contributed by atoms with Crippen LogP contribution in [0.5, 0.6) is 0 Å². The van der Waals surface area contributed by atoms with Crippen molar-refractivity contribution in [1.29, 1.82) is 0 Å². The lowest BCUT2D eigenvalue weighted by molar-refractivity contribution is 0.270. The van der Waals surface area contributed by atoms with Gasteiger partial charge in [0.1, 0.15) is 0 Å². The second-order valence-electron chi connectivity index (χ2n) is 6.37. The molecule has 1 unspecified atom stereocenters. The fourth-order valence-electron chi connectivity index (χ4n) is 3.78. The van der Waals surface area contributed by atoms with Gasteiger partial charge >= 0.3 is 0 Å². The fraction of sp³-hybridized carbons (Fsp3) is 0.647. The van der Waals surface area contributed by atoms with E-state index in [1.807, 2.05) is 0 Å². The highest BCUT2D eigenvalue weighted by Crippen LogP contribution is 2.45. The highest BCUT2D eigenvalue weighted by Gasteiger charge is 2.40. The highest BCUT2D eigenvalue weighted by atomic mass is 15.0. The van der Waals surface area contributed by atoms with Gasteiger partial charge in [0, 0.05) is 5.54 Å². The van der Waals surface area contributed by atoms with Crippen LogP contribution in [0.1, 0.15) is 63.0 Å². The number of hydrogen-bond donors (Lipinski definition) is 1. The van der Waals surface area contributed by atoms with Gasteiger partial charge < -0.3 is 5.32 Å². The first kappa shape index (κ1) is 12.2. The Kier molecular flexibility index (Phi) is 3.19. The van der Waals surface area contributed by atoms with Gasteiger partial charge in [0.2, 0.25) is 0 Å². The Labute approximate surface area is 111 Å². The molecule has 1 aliphatic heterocycles. The molecular weight excluding hydrogens is 218 g/mol. The third-order valence-corrected chi connectivity index (χ3v) is 5.16. The zero-order chi connectivity index (χ0) is 12.6. The van der Waals surface area contributed by atoms with E-state index < -0.39 is 0 Å². The van der Waals surface area contributed by atoms with Crippen LogP contribution >= 0.6 is 0 Å². The van der Waals surface area contributed by atoms with Crippen LogP contribution in [0, 0.1) is 5.92 Å². The monoisotopic (exact) mass is 243 g/mol. The van der Waals surface area contributed by atoms with Crippen molar-refractivity contribution in [3.8, 4) is 0 Å². The van der Waals surface area contributed by atoms with Crippen LogP contribution in [0.15, 0.2) is 24.3 Å². The molecule has 1 aliphatic carbocycles. The summed E-state index contributed by atoms with van der Waals surface area (Å²) in [6, 6.07) is 9.21. The van der Waals surface area contributed by atoms with Gasteiger partial charge in [0.25, 0.3) is 0 Å². The Morgan fingerprint density at radius 2 is 1.94 bits per heavy atom. The maximum atomic E-state index is 3.83. The van der Waals surface area contributed by atoms with Gasteiger partial charge in [0.15, 0.2) is 0 Å². The van der Waals surface area contributed by atoms with Gasteiger partial charge in [-0.15, -0.1) is 0 Å². The summed E-state index contributed by atoms with van der Waals surface area (Å²) < 4.78 is 0. The fourth-order valence-corrected chi connectivity index (χ4v) is 3.78. The number of hydrogen-bond acceptors (Lipinski definition) is 1. The summed E-state index contributed by atoms with van der Waals surface area (Å²) in [4.78, 5) is 0. The van der Waals surface area contributed by atoms with E-state index >= 15 is 0 Å². The molecule has 1 aromatic rings. The Balaban J connectivity index is 2.03. The quantitative estimate of drug-likeness (QED) is 0.839. The summed E-state index contributed by atoms with van der Waals surface area (Å²) in [5.74, 6) is 1.50. The van der Waals surface area contributed by atoms with Crippen molar-refractivity contribution in [3.63, 3.8) is 0 Å². The van der Waals surface area contributed by atoms with Gasteiger partial charge in [-0.25, -0.2) is 0 Å². The van der Waals surface area contributed by atoms with E-state index in [-0.39, 0.29) is 5.54 Å². The molecule has 1 saturated carbocycles. The van der Waals surface area contributed by atoms with Crippen LogP contribution in [0.3, 0.4) is 0 Å². The van der Waals surface area contributed by atoms with Crippen molar-refractivity contribution in [2.45, 2.75) is 57.4 Å². The van der Waals surface area contributed by atoms with Crippen molar-refractivity contribution in [2.24, 2.45) is 5.92 Å². The predicted molar refractivity (Wildman–Crippen MR) is 76.8 cm³/mol. The zero-order valence-corrected chi connectivity index (χ0v) is 11.7. The van der Waals surface area contributed by atoms with E-state index in [2.05, 4.69) is 43.4 Å². The summed E-state index contributed by atoms with van der Waals surface area (Å²) in [6.07, 6.45) is 6.82. The molecule has 18 heavy (non-hydrogen) atoms. The van der Waals surface area contributed by atoms with Crippen molar-refractivity contribution in [1.82, 2.24) is 5.32 Å². The largest absolute Gasteiger partial charge is 0.307 e. The van der Waals surface area contributed by atoms with E-state index in [4.69, 9.17) is 0 Å². The summed E-state index contributed by atoms with van der Waals surface area (Å²) in [6.45, 7) is 5.92. The minimum atomic E-state index is 0.242. The summed E-state index contributed by atoms with van der Waals surface area (Å²) >= 11 is 0. The standard InChI is InChI=1S/C17H25N/c1-13(2)17(11-6-12-18-17)16-10-4-3-9-15(16)14-7-5-8-14/h3-4,9-10,13-14,18H,5-8,11-12H2,1-2H3. The smallest absolute Gasteiger partial charge is 0.0461 e. The lowest BCUT2D eigenvalue weighted by Crippen LogP contribution is -2.43. The maximum absolute atomic E-state index is 3.83. The predicted octanol–water partition coefficient (Wildman–Crippen LogP) is 4.19. The van der Waals surface area contributed by atoms with Crippen molar-refractivity contribution >= 4 is 0 Å². The van der Waals surface area contributed by atoms with E-state index in [9.17, 15) is 0 Å². The van der Waals surface area contributed by atoms with Crippen LogP contribution in [-0.4, -0.2) is 6.54 Å². The molecule has 0 spiro atoms. The SMILES string of the molecule is CC(C)C1(c2ccccc2C2CCC2)CCCN1. The Morgan fingerprint density at radius 3 is 2.50 bits per heavy atom. The van der Waals surface area contributed by atoms with Crippen LogP contribution in [0.4, 0.5) is 0 Å². The normalized spacial score (nSPS) is 28.6. The molecule has 0 aromatic heterocycles. The van der Waals surface area contributed by atoms with Crippen LogP contribution in [0.25, 0.3) is 0 Å². The van der Waals surface area contributed by atoms with Crippen LogP contribution < -0.4 is 5.32 Å². The Bertz CT molecular complexity index is 411. The van der Waals surface area contributed by atoms with Gasteiger partial charge in [-0.3, -0.25) is 0 Å². The summed E-state index contributed by atoms with van der Waals surface area (Å²) in [7, 11) is 0. The van der Waals surface area contributed by atoms with Crippen molar-refractivity contribution in [3.05, 3.63) is 35.4 Å². The molecule has 98 valence electrons. The first-order chi connectivity index (χ1) is 8.74. The maximum Gasteiger partial charge on any atom is 0.0461 e. The van der Waals surface area contributed by atoms with Gasteiger partial charge in [-0.05, 0) is 55.2 Å². The number of benzene rings is 1. The van der Waals surface area contributed by atoms with E-state index in [0.29, 0.717) is 5.92 Å². The lowest BCUT2D eigenvalue weighted by Gasteiger charge is -2.39. The van der Waals surface area contributed by atoms with Crippen LogP contribution in [-0.2, 0) is 5.54 Å². The molecule has 0 bridgehead atoms.